The number of alkyl halides is 3. The first-order valence-corrected chi connectivity index (χ1v) is 7.92. The van der Waals surface area contributed by atoms with Gasteiger partial charge in [0.25, 0.3) is 0 Å². The van der Waals surface area contributed by atoms with E-state index in [1.54, 1.807) is 0 Å². The zero-order valence-electron chi connectivity index (χ0n) is 12.8. The van der Waals surface area contributed by atoms with Crippen molar-refractivity contribution in [1.29, 1.82) is 0 Å². The third kappa shape index (κ3) is 3.77. The lowest BCUT2D eigenvalue weighted by atomic mass is 10.1. The van der Waals surface area contributed by atoms with Crippen molar-refractivity contribution in [1.82, 2.24) is 4.90 Å². The van der Waals surface area contributed by atoms with Crippen LogP contribution < -0.4 is 4.90 Å². The van der Waals surface area contributed by atoms with Crippen LogP contribution in [0, 0.1) is 5.82 Å². The van der Waals surface area contributed by atoms with Gasteiger partial charge in [0.2, 0.25) is 0 Å². The molecule has 2 fully saturated rings. The molecule has 1 aromatic carbocycles. The standard InChI is InChI=1S/C16H20F4N2O/c17-14-5-4-12(11-13(14)16(18,19)20)21-6-8-22(9-7-21)15-3-1-2-10-23-15/h4-5,11,15H,1-3,6-10H2. The monoisotopic (exact) mass is 332 g/mol. The molecular weight excluding hydrogens is 312 g/mol. The van der Waals surface area contributed by atoms with Gasteiger partial charge >= 0.3 is 6.18 Å². The van der Waals surface area contributed by atoms with Gasteiger partial charge in [0.1, 0.15) is 12.0 Å². The van der Waals surface area contributed by atoms with Crippen molar-refractivity contribution < 1.29 is 22.3 Å². The summed E-state index contributed by atoms with van der Waals surface area (Å²) in [6.07, 6.45) is -1.29. The molecule has 0 bridgehead atoms. The van der Waals surface area contributed by atoms with Gasteiger partial charge in [-0.2, -0.15) is 13.2 Å². The maximum Gasteiger partial charge on any atom is 0.419 e. The minimum Gasteiger partial charge on any atom is -0.369 e. The summed E-state index contributed by atoms with van der Waals surface area (Å²) in [4.78, 5) is 4.11. The van der Waals surface area contributed by atoms with E-state index in [0.29, 0.717) is 18.8 Å². The number of rotatable bonds is 2. The maximum atomic E-state index is 13.4. The first-order chi connectivity index (χ1) is 10.9. The summed E-state index contributed by atoms with van der Waals surface area (Å²) in [7, 11) is 0. The molecule has 0 aliphatic carbocycles. The Kier molecular flexibility index (Phi) is 4.77. The molecule has 1 atom stereocenters. The fourth-order valence-corrected chi connectivity index (χ4v) is 3.21. The Morgan fingerprint density at radius 1 is 1.04 bits per heavy atom. The summed E-state index contributed by atoms with van der Waals surface area (Å²) in [5.74, 6) is -1.23. The van der Waals surface area contributed by atoms with Gasteiger partial charge in [-0.25, -0.2) is 4.39 Å². The number of benzene rings is 1. The Morgan fingerprint density at radius 3 is 2.39 bits per heavy atom. The predicted octanol–water partition coefficient (Wildman–Crippen LogP) is 3.49. The summed E-state index contributed by atoms with van der Waals surface area (Å²) in [6, 6.07) is 3.22. The van der Waals surface area contributed by atoms with E-state index in [2.05, 4.69) is 4.90 Å². The fourth-order valence-electron chi connectivity index (χ4n) is 3.21. The highest BCUT2D eigenvalue weighted by molar-refractivity contribution is 5.50. The van der Waals surface area contributed by atoms with Crippen LogP contribution in [0.5, 0.6) is 0 Å². The van der Waals surface area contributed by atoms with Crippen molar-refractivity contribution in [3.63, 3.8) is 0 Å². The Labute approximate surface area is 132 Å². The average molecular weight is 332 g/mol. The molecular formula is C16H20F4N2O. The van der Waals surface area contributed by atoms with E-state index >= 15 is 0 Å². The molecule has 0 aromatic heterocycles. The summed E-state index contributed by atoms with van der Waals surface area (Å²) in [6.45, 7) is 3.48. The number of hydrogen-bond donors (Lipinski definition) is 0. The Bertz CT molecular complexity index is 535. The molecule has 3 rings (SSSR count). The first-order valence-electron chi connectivity index (χ1n) is 7.92. The van der Waals surface area contributed by atoms with E-state index in [0.717, 1.165) is 51.1 Å². The second kappa shape index (κ2) is 6.65. The van der Waals surface area contributed by atoms with Crippen LogP contribution in [0.3, 0.4) is 0 Å². The first kappa shape index (κ1) is 16.5. The molecule has 7 heteroatoms. The van der Waals surface area contributed by atoms with Crippen LogP contribution in [-0.2, 0) is 10.9 Å². The molecule has 128 valence electrons. The number of piperazine rings is 1. The molecule has 0 amide bonds. The lowest BCUT2D eigenvalue weighted by Gasteiger charge is -2.41. The van der Waals surface area contributed by atoms with Gasteiger partial charge in [0.05, 0.1) is 5.56 Å². The third-order valence-corrected chi connectivity index (χ3v) is 4.50. The van der Waals surface area contributed by atoms with E-state index in [1.165, 1.54) is 6.07 Å². The van der Waals surface area contributed by atoms with Crippen LogP contribution in [0.1, 0.15) is 24.8 Å². The highest BCUT2D eigenvalue weighted by atomic mass is 19.4. The summed E-state index contributed by atoms with van der Waals surface area (Å²) in [5.41, 5.74) is -0.781. The highest BCUT2D eigenvalue weighted by Crippen LogP contribution is 2.34. The lowest BCUT2D eigenvalue weighted by molar-refractivity contribution is -0.139. The summed E-state index contributed by atoms with van der Waals surface area (Å²) in [5, 5.41) is 0. The van der Waals surface area contributed by atoms with Gasteiger partial charge in [0.15, 0.2) is 0 Å². The van der Waals surface area contributed by atoms with Crippen molar-refractivity contribution in [2.45, 2.75) is 31.7 Å². The van der Waals surface area contributed by atoms with Crippen LogP contribution in [0.15, 0.2) is 18.2 Å². The average Bonchev–Trinajstić information content (AvgIpc) is 2.55. The summed E-state index contributed by atoms with van der Waals surface area (Å²) >= 11 is 0. The zero-order valence-corrected chi connectivity index (χ0v) is 12.8. The smallest absolute Gasteiger partial charge is 0.369 e. The van der Waals surface area contributed by atoms with Crippen LogP contribution in [0.2, 0.25) is 0 Å². The quantitative estimate of drug-likeness (QED) is 0.771. The van der Waals surface area contributed by atoms with Gasteiger partial charge in [-0.3, -0.25) is 4.90 Å². The van der Waals surface area contributed by atoms with Gasteiger partial charge in [-0.1, -0.05) is 0 Å². The van der Waals surface area contributed by atoms with E-state index in [-0.39, 0.29) is 6.23 Å². The minimum absolute atomic E-state index is 0.129. The van der Waals surface area contributed by atoms with Crippen LogP contribution in [-0.4, -0.2) is 43.9 Å². The largest absolute Gasteiger partial charge is 0.419 e. The van der Waals surface area contributed by atoms with Crippen molar-refractivity contribution >= 4 is 5.69 Å². The highest BCUT2D eigenvalue weighted by Gasteiger charge is 2.35. The molecule has 2 aliphatic heterocycles. The van der Waals surface area contributed by atoms with E-state index in [4.69, 9.17) is 4.74 Å². The SMILES string of the molecule is Fc1ccc(N2CCN(C3CCCCO3)CC2)cc1C(F)(F)F. The lowest BCUT2D eigenvalue weighted by Crippen LogP contribution is -2.51. The molecule has 1 unspecified atom stereocenters. The molecule has 0 saturated carbocycles. The molecule has 3 nitrogen and oxygen atoms in total. The van der Waals surface area contributed by atoms with Crippen LogP contribution in [0.25, 0.3) is 0 Å². The number of hydrogen-bond acceptors (Lipinski definition) is 3. The Balaban J connectivity index is 1.65. The molecule has 0 spiro atoms. The molecule has 2 saturated heterocycles. The molecule has 2 heterocycles. The van der Waals surface area contributed by atoms with Crippen LogP contribution >= 0.6 is 0 Å². The van der Waals surface area contributed by atoms with Gasteiger partial charge in [-0.15, -0.1) is 0 Å². The van der Waals surface area contributed by atoms with E-state index in [9.17, 15) is 17.6 Å². The van der Waals surface area contributed by atoms with E-state index in [1.807, 2.05) is 4.90 Å². The van der Waals surface area contributed by atoms with Crippen molar-refractivity contribution in [3.05, 3.63) is 29.6 Å². The predicted molar refractivity (Wildman–Crippen MR) is 78.8 cm³/mol. The van der Waals surface area contributed by atoms with E-state index < -0.39 is 17.6 Å². The van der Waals surface area contributed by atoms with Gasteiger partial charge < -0.3 is 9.64 Å². The van der Waals surface area contributed by atoms with Crippen molar-refractivity contribution in [3.8, 4) is 0 Å². The second-order valence-electron chi connectivity index (χ2n) is 6.01. The van der Waals surface area contributed by atoms with Crippen molar-refractivity contribution in [2.75, 3.05) is 37.7 Å². The topological polar surface area (TPSA) is 15.7 Å². The minimum atomic E-state index is -4.67. The Hall–Kier alpha value is -1.34. The number of halogens is 4. The Morgan fingerprint density at radius 2 is 1.78 bits per heavy atom. The maximum absolute atomic E-state index is 13.4. The fraction of sp³-hybridized carbons (Fsp3) is 0.625. The number of anilines is 1. The zero-order chi connectivity index (χ0) is 16.4. The van der Waals surface area contributed by atoms with Crippen molar-refractivity contribution in [2.24, 2.45) is 0 Å². The third-order valence-electron chi connectivity index (χ3n) is 4.50. The normalized spacial score (nSPS) is 24.0. The number of ether oxygens (including phenoxy) is 1. The van der Waals surface area contributed by atoms with Gasteiger partial charge in [-0.05, 0) is 37.5 Å². The molecule has 0 N–H and O–H groups in total. The summed E-state index contributed by atoms with van der Waals surface area (Å²) < 4.78 is 57.6. The second-order valence-corrected chi connectivity index (χ2v) is 6.01. The van der Waals surface area contributed by atoms with Gasteiger partial charge in [0, 0.05) is 38.5 Å². The molecule has 0 radical (unpaired) electrons. The molecule has 2 aliphatic rings. The number of nitrogens with zero attached hydrogens (tertiary/aromatic N) is 2. The molecule has 1 aromatic rings. The van der Waals surface area contributed by atoms with Crippen LogP contribution in [0.4, 0.5) is 23.2 Å². The molecule has 23 heavy (non-hydrogen) atoms.